The predicted molar refractivity (Wildman–Crippen MR) is 45.7 cm³/mol. The number of thiol groups is 1. The molecule has 1 rings (SSSR count). The van der Waals surface area contributed by atoms with Gasteiger partial charge in [-0.3, -0.25) is 0 Å². The molecule has 0 fully saturated rings. The molecule has 0 aliphatic heterocycles. The first-order valence-electron chi connectivity index (χ1n) is 3.43. The maximum atomic E-state index is 12.8. The van der Waals surface area contributed by atoms with Crippen molar-refractivity contribution in [3.63, 3.8) is 0 Å². The molecule has 1 aromatic rings. The molecule has 0 aliphatic rings. The van der Waals surface area contributed by atoms with Crippen LogP contribution in [0.2, 0.25) is 0 Å². The number of halogens is 2. The van der Waals surface area contributed by atoms with E-state index in [4.69, 9.17) is 4.74 Å². The van der Waals surface area contributed by atoms with Gasteiger partial charge in [-0.15, -0.1) is 0 Å². The molecule has 0 aliphatic carbocycles. The molecule has 0 amide bonds. The van der Waals surface area contributed by atoms with Crippen molar-refractivity contribution in [1.29, 1.82) is 0 Å². The minimum absolute atomic E-state index is 0.0657. The van der Waals surface area contributed by atoms with Crippen molar-refractivity contribution in [2.24, 2.45) is 0 Å². The van der Waals surface area contributed by atoms with E-state index < -0.39 is 11.6 Å². The molecule has 1 nitrogen and oxygen atoms in total. The van der Waals surface area contributed by atoms with Crippen LogP contribution in [0.3, 0.4) is 0 Å². The summed E-state index contributed by atoms with van der Waals surface area (Å²) in [5.41, 5.74) is 0. The van der Waals surface area contributed by atoms with E-state index in [1.807, 2.05) is 0 Å². The monoisotopic (exact) mass is 190 g/mol. The largest absolute Gasteiger partial charge is 0.490 e. The first-order valence-corrected chi connectivity index (χ1v) is 4.06. The topological polar surface area (TPSA) is 9.23 Å². The van der Waals surface area contributed by atoms with E-state index in [1.165, 1.54) is 12.1 Å². The van der Waals surface area contributed by atoms with E-state index in [0.29, 0.717) is 5.75 Å². The zero-order valence-electron chi connectivity index (χ0n) is 6.26. The first kappa shape index (κ1) is 9.32. The summed E-state index contributed by atoms with van der Waals surface area (Å²) in [6.07, 6.45) is 0. The Morgan fingerprint density at radius 2 is 2.08 bits per heavy atom. The molecule has 0 heterocycles. The van der Waals surface area contributed by atoms with Gasteiger partial charge in [0, 0.05) is 5.75 Å². The molecule has 0 radical (unpaired) electrons. The molecular weight excluding hydrogens is 182 g/mol. The second-order valence-electron chi connectivity index (χ2n) is 2.12. The molecule has 12 heavy (non-hydrogen) atoms. The van der Waals surface area contributed by atoms with Crippen LogP contribution in [0.25, 0.3) is 0 Å². The lowest BCUT2D eigenvalue weighted by Gasteiger charge is -2.04. The van der Waals surface area contributed by atoms with Gasteiger partial charge in [0.05, 0.1) is 6.61 Å². The number of ether oxygens (including phenoxy) is 1. The van der Waals surface area contributed by atoms with Gasteiger partial charge in [-0.2, -0.15) is 17.0 Å². The van der Waals surface area contributed by atoms with Crippen molar-refractivity contribution in [1.82, 2.24) is 0 Å². The molecule has 1 aromatic carbocycles. The number of hydrogen-bond donors (Lipinski definition) is 1. The molecule has 0 atom stereocenters. The van der Waals surface area contributed by atoms with Gasteiger partial charge in [0.15, 0.2) is 11.6 Å². The van der Waals surface area contributed by atoms with Crippen molar-refractivity contribution in [2.45, 2.75) is 0 Å². The summed E-state index contributed by atoms with van der Waals surface area (Å²) in [5.74, 6) is -1.44. The third-order valence-corrected chi connectivity index (χ3v) is 1.45. The second-order valence-corrected chi connectivity index (χ2v) is 2.57. The SMILES string of the molecule is Fc1cccc(OCCS)c1F. The molecule has 0 saturated carbocycles. The summed E-state index contributed by atoms with van der Waals surface area (Å²) in [6.45, 7) is 0.267. The third kappa shape index (κ3) is 2.11. The highest BCUT2D eigenvalue weighted by molar-refractivity contribution is 7.80. The van der Waals surface area contributed by atoms with E-state index in [-0.39, 0.29) is 12.4 Å². The second kappa shape index (κ2) is 4.30. The molecule has 4 heteroatoms. The lowest BCUT2D eigenvalue weighted by atomic mass is 10.3. The van der Waals surface area contributed by atoms with Crippen LogP contribution in [-0.4, -0.2) is 12.4 Å². The Balaban J connectivity index is 2.78. The highest BCUT2D eigenvalue weighted by Gasteiger charge is 2.07. The van der Waals surface area contributed by atoms with E-state index in [2.05, 4.69) is 12.6 Å². The Hall–Kier alpha value is -0.770. The Labute approximate surface area is 74.8 Å². The number of rotatable bonds is 3. The van der Waals surface area contributed by atoms with Crippen molar-refractivity contribution in [2.75, 3.05) is 12.4 Å². The molecule has 0 aromatic heterocycles. The fourth-order valence-electron chi connectivity index (χ4n) is 0.751. The Morgan fingerprint density at radius 3 is 2.75 bits per heavy atom. The molecule has 0 saturated heterocycles. The van der Waals surface area contributed by atoms with Crippen LogP contribution >= 0.6 is 12.6 Å². The highest BCUT2D eigenvalue weighted by atomic mass is 32.1. The lowest BCUT2D eigenvalue weighted by molar-refractivity contribution is 0.317. The van der Waals surface area contributed by atoms with Crippen molar-refractivity contribution in [3.05, 3.63) is 29.8 Å². The van der Waals surface area contributed by atoms with E-state index >= 15 is 0 Å². The number of hydrogen-bond acceptors (Lipinski definition) is 2. The summed E-state index contributed by atoms with van der Waals surface area (Å²) < 4.78 is 30.2. The van der Waals surface area contributed by atoms with E-state index in [9.17, 15) is 8.78 Å². The van der Waals surface area contributed by atoms with Gasteiger partial charge in [0.1, 0.15) is 0 Å². The quantitative estimate of drug-likeness (QED) is 0.719. The summed E-state index contributed by atoms with van der Waals surface area (Å²) in [5, 5.41) is 0. The van der Waals surface area contributed by atoms with Crippen LogP contribution < -0.4 is 4.74 Å². The van der Waals surface area contributed by atoms with Gasteiger partial charge >= 0.3 is 0 Å². The zero-order valence-corrected chi connectivity index (χ0v) is 7.15. The molecule has 0 unspecified atom stereocenters. The van der Waals surface area contributed by atoms with E-state index in [1.54, 1.807) is 0 Å². The van der Waals surface area contributed by atoms with Gasteiger partial charge in [0.25, 0.3) is 0 Å². The maximum Gasteiger partial charge on any atom is 0.200 e. The fourth-order valence-corrected chi connectivity index (χ4v) is 0.842. The Bertz CT molecular complexity index is 265. The average molecular weight is 190 g/mol. The van der Waals surface area contributed by atoms with Crippen molar-refractivity contribution in [3.8, 4) is 5.75 Å². The van der Waals surface area contributed by atoms with Gasteiger partial charge in [-0.25, -0.2) is 4.39 Å². The van der Waals surface area contributed by atoms with Gasteiger partial charge in [0.2, 0.25) is 5.82 Å². The van der Waals surface area contributed by atoms with Crippen LogP contribution in [0.15, 0.2) is 18.2 Å². The van der Waals surface area contributed by atoms with Crippen molar-refractivity contribution < 1.29 is 13.5 Å². The highest BCUT2D eigenvalue weighted by Crippen LogP contribution is 2.18. The molecule has 0 bridgehead atoms. The molecular formula is C8H8F2OS. The zero-order chi connectivity index (χ0) is 8.97. The van der Waals surface area contributed by atoms with Crippen LogP contribution in [0, 0.1) is 11.6 Å². The fraction of sp³-hybridized carbons (Fsp3) is 0.250. The minimum Gasteiger partial charge on any atom is -0.490 e. The maximum absolute atomic E-state index is 12.8. The smallest absolute Gasteiger partial charge is 0.200 e. The van der Waals surface area contributed by atoms with Gasteiger partial charge < -0.3 is 4.74 Å². The summed E-state index contributed by atoms with van der Waals surface area (Å²) in [4.78, 5) is 0. The summed E-state index contributed by atoms with van der Waals surface area (Å²) in [6, 6.07) is 3.82. The van der Waals surface area contributed by atoms with Crippen LogP contribution in [0.5, 0.6) is 5.75 Å². The van der Waals surface area contributed by atoms with Gasteiger partial charge in [-0.05, 0) is 12.1 Å². The normalized spacial score (nSPS) is 9.92. The first-order chi connectivity index (χ1) is 5.75. The Kier molecular flexibility index (Phi) is 3.34. The third-order valence-electron chi connectivity index (χ3n) is 1.27. The molecule has 66 valence electrons. The standard InChI is InChI=1S/C8H8F2OS/c9-6-2-1-3-7(8(6)10)11-4-5-12/h1-3,12H,4-5H2. The molecule has 0 spiro atoms. The van der Waals surface area contributed by atoms with Crippen LogP contribution in [-0.2, 0) is 0 Å². The molecule has 0 N–H and O–H groups in total. The summed E-state index contributed by atoms with van der Waals surface area (Å²) >= 11 is 3.87. The lowest BCUT2D eigenvalue weighted by Crippen LogP contribution is -2.00. The summed E-state index contributed by atoms with van der Waals surface area (Å²) in [7, 11) is 0. The predicted octanol–water partition coefficient (Wildman–Crippen LogP) is 2.27. The average Bonchev–Trinajstić information content (AvgIpc) is 2.08. The van der Waals surface area contributed by atoms with E-state index in [0.717, 1.165) is 6.07 Å². The van der Waals surface area contributed by atoms with Crippen LogP contribution in [0.1, 0.15) is 0 Å². The Morgan fingerprint density at radius 1 is 1.33 bits per heavy atom. The minimum atomic E-state index is -0.945. The van der Waals surface area contributed by atoms with Crippen molar-refractivity contribution >= 4 is 12.6 Å². The van der Waals surface area contributed by atoms with Crippen LogP contribution in [0.4, 0.5) is 8.78 Å². The number of benzene rings is 1. The van der Waals surface area contributed by atoms with Gasteiger partial charge in [-0.1, -0.05) is 6.07 Å².